The molecule has 9 aromatic rings. The molecule has 0 N–H and O–H groups in total. The Balaban J connectivity index is 1.41. The molecule has 0 saturated heterocycles. The highest BCUT2D eigenvalue weighted by molar-refractivity contribution is 7.49. The van der Waals surface area contributed by atoms with Crippen molar-refractivity contribution in [1.82, 2.24) is 4.57 Å². The number of nitrogens with zero attached hydrogens (tertiary/aromatic N) is 1. The Morgan fingerprint density at radius 1 is 0.459 bits per heavy atom. The zero-order chi connectivity index (χ0) is 24.6. The number of benzene rings is 3. The summed E-state index contributed by atoms with van der Waals surface area (Å²) < 4.78 is 17.1. The third kappa shape index (κ3) is 2.72. The molecule has 0 amide bonds. The van der Waals surface area contributed by atoms with E-state index in [4.69, 9.17) is 0 Å². The predicted molar refractivity (Wildman–Crippen MR) is 172 cm³/mol. The van der Waals surface area contributed by atoms with Crippen molar-refractivity contribution in [3.05, 3.63) is 77.4 Å². The lowest BCUT2D eigenvalue weighted by Crippen LogP contribution is -1.93. The highest BCUT2D eigenvalue weighted by atomic mass is 32.1. The van der Waals surface area contributed by atoms with E-state index < -0.39 is 0 Å². The molecule has 0 aliphatic rings. The molecule has 0 saturated carbocycles. The van der Waals surface area contributed by atoms with Crippen molar-refractivity contribution in [2.45, 2.75) is 20.8 Å². The maximum Gasteiger partial charge on any atom is 0.0829 e. The van der Waals surface area contributed by atoms with Crippen LogP contribution in [-0.2, 0) is 0 Å². The second-order valence-electron chi connectivity index (χ2n) is 10.0. The molecule has 37 heavy (non-hydrogen) atoms. The van der Waals surface area contributed by atoms with Crippen molar-refractivity contribution < 1.29 is 0 Å². The highest BCUT2D eigenvalue weighted by Crippen LogP contribution is 2.57. The monoisotopic (exact) mass is 565 g/mol. The second kappa shape index (κ2) is 7.22. The number of hydrogen-bond acceptors (Lipinski definition) is 5. The van der Waals surface area contributed by atoms with E-state index in [2.05, 4.69) is 86.0 Å². The van der Waals surface area contributed by atoms with Crippen molar-refractivity contribution in [1.29, 1.82) is 0 Å². The molecule has 0 radical (unpaired) electrons. The standard InChI is InChI=1S/C31H19NS5/c1-14-4-8-17(9-5-14)32-20-12-15(2)6-10-18(20)23-22(32)25-27(34-23)29-31(36-25)30-28(37-29)26-24(35-30)19-11-7-16(3)13-21(19)33-26/h4-13H,1-3H3. The first-order valence-corrected chi connectivity index (χ1v) is 16.3. The van der Waals surface area contributed by atoms with Crippen LogP contribution in [0.1, 0.15) is 16.7 Å². The molecule has 6 heterocycles. The molecule has 0 unspecified atom stereocenters. The third-order valence-corrected chi connectivity index (χ3v) is 14.4. The first-order chi connectivity index (χ1) is 18.0. The fraction of sp³-hybridized carbons (Fsp3) is 0.0968. The van der Waals surface area contributed by atoms with Gasteiger partial charge < -0.3 is 4.57 Å². The molecule has 0 aliphatic carbocycles. The maximum atomic E-state index is 2.51. The number of fused-ring (bicyclic) bond motifs is 13. The number of aryl methyl sites for hydroxylation is 3. The fourth-order valence-corrected chi connectivity index (χ4v) is 13.4. The van der Waals surface area contributed by atoms with E-state index in [0.717, 1.165) is 0 Å². The normalized spacial score (nSPS) is 12.7. The predicted octanol–water partition coefficient (Wildman–Crippen LogP) is 11.8. The van der Waals surface area contributed by atoms with Crippen molar-refractivity contribution >= 4 is 125 Å². The Hall–Kier alpha value is -2.74. The Morgan fingerprint density at radius 3 is 1.76 bits per heavy atom. The lowest BCUT2D eigenvalue weighted by molar-refractivity contribution is 1.18. The molecule has 0 bridgehead atoms. The minimum absolute atomic E-state index is 1.25. The van der Waals surface area contributed by atoms with Gasteiger partial charge in [0.25, 0.3) is 0 Å². The second-order valence-corrected chi connectivity index (χ2v) is 15.1. The van der Waals surface area contributed by atoms with Crippen LogP contribution in [0.25, 0.3) is 74.5 Å². The molecule has 3 aromatic carbocycles. The summed E-state index contributed by atoms with van der Waals surface area (Å²) in [5.74, 6) is 0. The van der Waals surface area contributed by atoms with Crippen LogP contribution in [0.2, 0.25) is 0 Å². The molecule has 1 nitrogen and oxygen atoms in total. The average Bonchev–Trinajstić information content (AvgIpc) is 3.67. The van der Waals surface area contributed by atoms with Crippen LogP contribution in [0.4, 0.5) is 0 Å². The summed E-state index contributed by atoms with van der Waals surface area (Å²) in [6.07, 6.45) is 0. The Morgan fingerprint density at radius 2 is 1.00 bits per heavy atom. The molecule has 0 spiro atoms. The van der Waals surface area contributed by atoms with Crippen molar-refractivity contribution in [3.8, 4) is 5.69 Å². The summed E-state index contributed by atoms with van der Waals surface area (Å²) in [6.45, 7) is 6.55. The molecule has 0 aliphatic heterocycles. The van der Waals surface area contributed by atoms with E-state index in [-0.39, 0.29) is 0 Å². The molecule has 6 aromatic heterocycles. The smallest absolute Gasteiger partial charge is 0.0829 e. The zero-order valence-corrected chi connectivity index (χ0v) is 24.3. The first-order valence-electron chi connectivity index (χ1n) is 12.3. The van der Waals surface area contributed by atoms with E-state index >= 15 is 0 Å². The van der Waals surface area contributed by atoms with Gasteiger partial charge in [0.05, 0.1) is 53.3 Å². The maximum absolute atomic E-state index is 2.51. The zero-order valence-electron chi connectivity index (χ0n) is 20.3. The topological polar surface area (TPSA) is 4.93 Å². The summed E-state index contributed by atoms with van der Waals surface area (Å²) >= 11 is 9.99. The summed E-state index contributed by atoms with van der Waals surface area (Å²) in [5, 5.41) is 2.78. The molecule has 0 atom stereocenters. The number of aromatic nitrogens is 1. The van der Waals surface area contributed by atoms with Crippen molar-refractivity contribution in [3.63, 3.8) is 0 Å². The van der Waals surface area contributed by atoms with Gasteiger partial charge in [-0.15, -0.1) is 56.7 Å². The van der Waals surface area contributed by atoms with Crippen LogP contribution >= 0.6 is 56.7 Å². The molecule has 6 heteroatoms. The van der Waals surface area contributed by atoms with Crippen LogP contribution < -0.4 is 0 Å². The number of rotatable bonds is 1. The highest BCUT2D eigenvalue weighted by Gasteiger charge is 2.25. The van der Waals surface area contributed by atoms with Crippen LogP contribution in [-0.4, -0.2) is 4.57 Å². The Labute approximate surface area is 232 Å². The molecule has 178 valence electrons. The van der Waals surface area contributed by atoms with Gasteiger partial charge in [-0.3, -0.25) is 0 Å². The molecular formula is C31H19NS5. The van der Waals surface area contributed by atoms with Gasteiger partial charge in [0.15, 0.2) is 0 Å². The fourth-order valence-electron chi connectivity index (χ4n) is 5.66. The molecule has 0 fully saturated rings. The Bertz CT molecular complexity index is 2380. The lowest BCUT2D eigenvalue weighted by atomic mass is 10.2. The van der Waals surface area contributed by atoms with Crippen LogP contribution in [0.15, 0.2) is 60.7 Å². The van der Waals surface area contributed by atoms with E-state index in [1.54, 1.807) is 0 Å². The van der Waals surface area contributed by atoms with E-state index in [0.29, 0.717) is 0 Å². The van der Waals surface area contributed by atoms with E-state index in [1.807, 2.05) is 56.7 Å². The van der Waals surface area contributed by atoms with Gasteiger partial charge in [-0.1, -0.05) is 42.0 Å². The van der Waals surface area contributed by atoms with Crippen LogP contribution in [0.5, 0.6) is 0 Å². The van der Waals surface area contributed by atoms with Crippen LogP contribution in [0.3, 0.4) is 0 Å². The minimum Gasteiger partial charge on any atom is -0.307 e. The van der Waals surface area contributed by atoms with Crippen molar-refractivity contribution in [2.24, 2.45) is 0 Å². The van der Waals surface area contributed by atoms with Gasteiger partial charge in [-0.25, -0.2) is 0 Å². The SMILES string of the molecule is Cc1ccc(-n2c3cc(C)ccc3c3sc4c5sc6c7sc8cc(C)ccc8c7sc6c5sc4c32)cc1. The largest absolute Gasteiger partial charge is 0.307 e. The van der Waals surface area contributed by atoms with Gasteiger partial charge in [0, 0.05) is 21.2 Å². The Kier molecular flexibility index (Phi) is 4.14. The first kappa shape index (κ1) is 21.2. The van der Waals surface area contributed by atoms with Crippen LogP contribution in [0, 0.1) is 20.8 Å². The van der Waals surface area contributed by atoms with Gasteiger partial charge in [0.2, 0.25) is 0 Å². The van der Waals surface area contributed by atoms with Gasteiger partial charge >= 0.3 is 0 Å². The average molecular weight is 566 g/mol. The van der Waals surface area contributed by atoms with Gasteiger partial charge in [0.1, 0.15) is 0 Å². The van der Waals surface area contributed by atoms with Gasteiger partial charge in [-0.2, -0.15) is 0 Å². The minimum atomic E-state index is 1.25. The summed E-state index contributed by atoms with van der Waals surface area (Å²) in [6, 6.07) is 22.8. The molecule has 9 rings (SSSR count). The van der Waals surface area contributed by atoms with Crippen molar-refractivity contribution in [2.75, 3.05) is 0 Å². The number of hydrogen-bond donors (Lipinski definition) is 0. The van der Waals surface area contributed by atoms with E-state index in [1.165, 1.54) is 91.2 Å². The quantitative estimate of drug-likeness (QED) is 0.186. The lowest BCUT2D eigenvalue weighted by Gasteiger charge is -2.08. The summed E-state index contributed by atoms with van der Waals surface area (Å²) in [4.78, 5) is 0. The number of thiophene rings is 5. The summed E-state index contributed by atoms with van der Waals surface area (Å²) in [7, 11) is 0. The van der Waals surface area contributed by atoms with Gasteiger partial charge in [-0.05, 0) is 56.2 Å². The summed E-state index contributed by atoms with van der Waals surface area (Å²) in [5.41, 5.74) is 7.88. The third-order valence-electron chi connectivity index (χ3n) is 7.44. The molecular weight excluding hydrogens is 547 g/mol. The van der Waals surface area contributed by atoms with E-state index in [9.17, 15) is 0 Å².